The van der Waals surface area contributed by atoms with E-state index in [0.717, 1.165) is 4.57 Å². The van der Waals surface area contributed by atoms with E-state index in [1.165, 1.54) is 6.33 Å². The molecule has 0 spiro atoms. The van der Waals surface area contributed by atoms with Crippen LogP contribution in [0.2, 0.25) is 0 Å². The number of nitrogen functional groups attached to an aromatic ring is 1. The summed E-state index contributed by atoms with van der Waals surface area (Å²) in [6, 6.07) is 0. The molecule has 0 saturated carbocycles. The number of H-pyrrole nitrogens is 1. The predicted octanol–water partition coefficient (Wildman–Crippen LogP) is -0.758. The highest BCUT2D eigenvalue weighted by Gasteiger charge is 2.18. The Morgan fingerprint density at radius 2 is 2.30 bits per heavy atom. The van der Waals surface area contributed by atoms with Gasteiger partial charge in [-0.3, -0.25) is 13.9 Å². The van der Waals surface area contributed by atoms with Gasteiger partial charge >= 0.3 is 7.60 Å². The molecule has 110 valence electrons. The molecule has 0 amide bonds. The molecular weight excluding hydrogens is 289 g/mol. The quantitative estimate of drug-likeness (QED) is 0.525. The van der Waals surface area contributed by atoms with E-state index in [9.17, 15) is 9.36 Å². The molecule has 0 aliphatic heterocycles. The summed E-state index contributed by atoms with van der Waals surface area (Å²) < 4.78 is 16.8. The largest absolute Gasteiger partial charge is 0.369 e. The Bertz CT molecular complexity index is 719. The third kappa shape index (κ3) is 3.23. The second-order valence-electron chi connectivity index (χ2n) is 4.26. The number of nitrogens with zero attached hydrogens (tertiary/aromatic N) is 3. The molecule has 0 aliphatic carbocycles. The number of nitrogens with one attached hydrogen (secondary N) is 1. The van der Waals surface area contributed by atoms with Crippen molar-refractivity contribution in [3.63, 3.8) is 0 Å². The van der Waals surface area contributed by atoms with E-state index in [1.807, 2.05) is 0 Å². The van der Waals surface area contributed by atoms with Crippen molar-refractivity contribution in [1.29, 1.82) is 0 Å². The number of ether oxygens (including phenoxy) is 1. The van der Waals surface area contributed by atoms with Gasteiger partial charge in [0.2, 0.25) is 5.95 Å². The molecule has 0 bridgehead atoms. The molecule has 11 heteroatoms. The molecule has 2 aromatic heterocycles. The molecule has 0 aliphatic rings. The number of hydrogen-bond donors (Lipinski definition) is 4. The molecule has 0 radical (unpaired) electrons. The zero-order chi connectivity index (χ0) is 14.9. The first-order valence-electron chi connectivity index (χ1n) is 5.63. The number of fused-ring (bicyclic) bond motifs is 1. The van der Waals surface area contributed by atoms with Gasteiger partial charge in [-0.15, -0.1) is 0 Å². The highest BCUT2D eigenvalue weighted by Crippen LogP contribution is 2.34. The zero-order valence-corrected chi connectivity index (χ0v) is 11.4. The fraction of sp³-hybridized carbons (Fsp3) is 0.444. The van der Waals surface area contributed by atoms with Crippen molar-refractivity contribution in [3.8, 4) is 0 Å². The maximum atomic E-state index is 12.1. The summed E-state index contributed by atoms with van der Waals surface area (Å²) in [7, 11) is -4.25. The summed E-state index contributed by atoms with van der Waals surface area (Å²) in [5.74, 6) is -0.0293. The first-order chi connectivity index (χ1) is 9.28. The van der Waals surface area contributed by atoms with Gasteiger partial charge in [0.05, 0.1) is 19.0 Å². The molecule has 20 heavy (non-hydrogen) atoms. The van der Waals surface area contributed by atoms with E-state index < -0.39 is 25.6 Å². The molecule has 0 saturated heterocycles. The Kier molecular flexibility index (Phi) is 3.91. The normalized spacial score (nSPS) is 13.8. The van der Waals surface area contributed by atoms with Crippen molar-refractivity contribution in [1.82, 2.24) is 19.5 Å². The van der Waals surface area contributed by atoms with Crippen molar-refractivity contribution < 1.29 is 19.1 Å². The standard InChI is InChI=1S/C9H14N5O5P/c1-5(19-4-20(16,17)18)2-14-8(15)6-7(12-3-11-6)13-9(14)10/h3,5H,2,4H2,1H3,(H2,10,13)(H,11,12)(H2,16,17,18). The molecule has 2 heterocycles. The summed E-state index contributed by atoms with van der Waals surface area (Å²) in [5, 5.41) is 0. The van der Waals surface area contributed by atoms with Crippen LogP contribution in [0.3, 0.4) is 0 Å². The number of anilines is 1. The summed E-state index contributed by atoms with van der Waals surface area (Å²) in [6.45, 7) is 1.58. The molecule has 1 unspecified atom stereocenters. The van der Waals surface area contributed by atoms with Crippen LogP contribution in [0.5, 0.6) is 0 Å². The average Bonchev–Trinajstić information content (AvgIpc) is 2.79. The fourth-order valence-corrected chi connectivity index (χ4v) is 2.10. The highest BCUT2D eigenvalue weighted by molar-refractivity contribution is 7.51. The molecule has 0 aromatic carbocycles. The molecule has 10 nitrogen and oxygen atoms in total. The first kappa shape index (κ1) is 14.7. The van der Waals surface area contributed by atoms with E-state index in [1.54, 1.807) is 6.92 Å². The highest BCUT2D eigenvalue weighted by atomic mass is 31.2. The second kappa shape index (κ2) is 5.33. The second-order valence-corrected chi connectivity index (χ2v) is 5.84. The third-order valence-corrected chi connectivity index (χ3v) is 3.02. The Hall–Kier alpha value is -1.74. The lowest BCUT2D eigenvalue weighted by molar-refractivity contribution is 0.0754. The van der Waals surface area contributed by atoms with Crippen molar-refractivity contribution >= 4 is 24.7 Å². The van der Waals surface area contributed by atoms with E-state index in [-0.39, 0.29) is 23.7 Å². The molecule has 1 atom stereocenters. The number of imidazole rings is 1. The van der Waals surface area contributed by atoms with E-state index in [0.29, 0.717) is 0 Å². The van der Waals surface area contributed by atoms with Crippen LogP contribution >= 0.6 is 7.60 Å². The van der Waals surface area contributed by atoms with Gasteiger partial charge in [-0.1, -0.05) is 0 Å². The summed E-state index contributed by atoms with van der Waals surface area (Å²) in [5.41, 5.74) is 5.65. The maximum absolute atomic E-state index is 12.1. The predicted molar refractivity (Wildman–Crippen MR) is 70.0 cm³/mol. The Morgan fingerprint density at radius 1 is 1.60 bits per heavy atom. The van der Waals surface area contributed by atoms with E-state index >= 15 is 0 Å². The van der Waals surface area contributed by atoms with Gasteiger partial charge in [0.15, 0.2) is 11.2 Å². The first-order valence-corrected chi connectivity index (χ1v) is 7.43. The molecule has 0 fully saturated rings. The van der Waals surface area contributed by atoms with Gasteiger partial charge < -0.3 is 25.2 Å². The van der Waals surface area contributed by atoms with Gasteiger partial charge in [-0.25, -0.2) is 4.98 Å². The summed E-state index contributed by atoms with van der Waals surface area (Å²) in [6.07, 6.45) is -0.0157. The van der Waals surface area contributed by atoms with Crippen molar-refractivity contribution in [2.45, 2.75) is 19.6 Å². The lowest BCUT2D eigenvalue weighted by atomic mass is 10.4. The van der Waals surface area contributed by atoms with Crippen LogP contribution < -0.4 is 11.3 Å². The summed E-state index contributed by atoms with van der Waals surface area (Å²) >= 11 is 0. The van der Waals surface area contributed by atoms with Gasteiger partial charge in [-0.05, 0) is 6.92 Å². The Labute approximate surface area is 112 Å². The van der Waals surface area contributed by atoms with Crippen molar-refractivity contribution in [2.24, 2.45) is 0 Å². The fourth-order valence-electron chi connectivity index (χ4n) is 1.65. The molecule has 5 N–H and O–H groups in total. The van der Waals surface area contributed by atoms with E-state index in [4.69, 9.17) is 20.3 Å². The average molecular weight is 303 g/mol. The lowest BCUT2D eigenvalue weighted by Crippen LogP contribution is -2.30. The number of hydrogen-bond acceptors (Lipinski definition) is 6. The minimum atomic E-state index is -4.25. The number of nitrogens with two attached hydrogens (primary N) is 1. The lowest BCUT2D eigenvalue weighted by Gasteiger charge is -2.16. The Balaban J connectivity index is 2.21. The van der Waals surface area contributed by atoms with Crippen molar-refractivity contribution in [2.75, 3.05) is 12.1 Å². The van der Waals surface area contributed by atoms with Crippen LogP contribution in [-0.4, -0.2) is 41.8 Å². The monoisotopic (exact) mass is 303 g/mol. The third-order valence-electron chi connectivity index (χ3n) is 2.54. The SMILES string of the molecule is CC(Cn1c(N)nc2[nH]cnc2c1=O)OCP(=O)(O)O. The van der Waals surface area contributed by atoms with Crippen LogP contribution in [0.4, 0.5) is 5.95 Å². The minimum absolute atomic E-state index is 0.0144. The summed E-state index contributed by atoms with van der Waals surface area (Å²) in [4.78, 5) is 40.0. The number of aromatic amines is 1. The van der Waals surface area contributed by atoms with Crippen LogP contribution in [0.25, 0.3) is 11.2 Å². The topological polar surface area (TPSA) is 156 Å². The molecular formula is C9H14N5O5P. The molecule has 2 rings (SSSR count). The van der Waals surface area contributed by atoms with Gasteiger partial charge in [0.25, 0.3) is 5.56 Å². The molecule has 2 aromatic rings. The number of aromatic nitrogens is 4. The minimum Gasteiger partial charge on any atom is -0.369 e. The van der Waals surface area contributed by atoms with Gasteiger partial charge in [-0.2, -0.15) is 4.98 Å². The van der Waals surface area contributed by atoms with Crippen LogP contribution in [-0.2, 0) is 15.8 Å². The van der Waals surface area contributed by atoms with Crippen LogP contribution in [0.15, 0.2) is 11.1 Å². The van der Waals surface area contributed by atoms with Crippen LogP contribution in [0, 0.1) is 0 Å². The van der Waals surface area contributed by atoms with Gasteiger partial charge in [0, 0.05) is 0 Å². The number of rotatable bonds is 5. The Morgan fingerprint density at radius 3 is 2.95 bits per heavy atom. The zero-order valence-electron chi connectivity index (χ0n) is 10.6. The van der Waals surface area contributed by atoms with Crippen molar-refractivity contribution in [3.05, 3.63) is 16.7 Å². The van der Waals surface area contributed by atoms with E-state index in [2.05, 4.69) is 15.0 Å². The maximum Gasteiger partial charge on any atom is 0.350 e. The van der Waals surface area contributed by atoms with Crippen LogP contribution in [0.1, 0.15) is 6.92 Å². The van der Waals surface area contributed by atoms with Gasteiger partial charge in [0.1, 0.15) is 6.35 Å². The smallest absolute Gasteiger partial charge is 0.350 e.